The SMILES string of the molecule is CC(=O)N[C@H]1Cc2ccc(cc2)OCC=CC[C@@H](C(=O)O)NC(=O)[C@H](CCCCN=C(NC(=O)OC(C)(C)C)NC(=O)OC(C)(C)C)NC1=O. The Bertz CT molecular complexity index is 1380. The Morgan fingerprint density at radius 3 is 2.04 bits per heavy atom. The first kappa shape index (κ1) is 41.0. The van der Waals surface area contributed by atoms with Gasteiger partial charge in [-0.2, -0.15) is 0 Å². The van der Waals surface area contributed by atoms with Crippen molar-refractivity contribution in [3.05, 3.63) is 42.0 Å². The molecule has 0 aliphatic carbocycles. The van der Waals surface area contributed by atoms with Crippen LogP contribution in [0.1, 0.15) is 79.7 Å². The normalized spacial score (nSPS) is 18.7. The molecule has 2 aliphatic heterocycles. The van der Waals surface area contributed by atoms with Crippen LogP contribution in [0.5, 0.6) is 5.75 Å². The smallest absolute Gasteiger partial charge is 0.414 e. The average Bonchev–Trinajstić information content (AvgIpc) is 2.97. The molecule has 5 amide bonds. The minimum Gasteiger partial charge on any atom is -0.490 e. The second-order valence-corrected chi connectivity index (χ2v) is 13.6. The van der Waals surface area contributed by atoms with E-state index in [0.29, 0.717) is 18.6 Å². The highest BCUT2D eigenvalue weighted by molar-refractivity contribution is 6.01. The molecule has 2 bridgehead atoms. The zero-order valence-electron chi connectivity index (χ0n) is 29.7. The van der Waals surface area contributed by atoms with Gasteiger partial charge in [-0.05, 0) is 84.9 Å². The van der Waals surface area contributed by atoms with Crippen molar-refractivity contribution in [1.82, 2.24) is 26.6 Å². The van der Waals surface area contributed by atoms with Crippen LogP contribution < -0.4 is 31.3 Å². The van der Waals surface area contributed by atoms with Crippen LogP contribution in [-0.4, -0.2) is 89.4 Å². The summed E-state index contributed by atoms with van der Waals surface area (Å²) in [6, 6.07) is 3.46. The fourth-order valence-electron chi connectivity index (χ4n) is 4.45. The molecule has 0 unspecified atom stereocenters. The van der Waals surface area contributed by atoms with E-state index in [9.17, 15) is 33.9 Å². The van der Waals surface area contributed by atoms with Gasteiger partial charge >= 0.3 is 18.2 Å². The van der Waals surface area contributed by atoms with E-state index in [4.69, 9.17) is 14.2 Å². The van der Waals surface area contributed by atoms with Gasteiger partial charge in [-0.25, -0.2) is 14.4 Å². The standard InChI is InChI=1S/C34H50N6O10/c1-21(41)36-26-20-22-14-16-23(17-15-22)48-19-11-9-13-25(29(44)45)38-27(42)24(37-28(26)43)12-8-10-18-35-30(39-31(46)49-33(2,3)4)40-32(47)50-34(5,6)7/h9,11,14-17,24-26H,8,10,12-13,18-20H2,1-7H3,(H,36,41)(H,37,43)(H,38,42)(H,44,45)(H2,35,39,40,46,47)/t24-,25-,26-/m0/s1. The van der Waals surface area contributed by atoms with Gasteiger partial charge in [0.1, 0.15) is 41.7 Å². The summed E-state index contributed by atoms with van der Waals surface area (Å²) < 4.78 is 16.2. The number of benzene rings is 1. The lowest BCUT2D eigenvalue weighted by atomic mass is 10.0. The lowest BCUT2D eigenvalue weighted by molar-refractivity contribution is -0.142. The van der Waals surface area contributed by atoms with Gasteiger partial charge in [-0.1, -0.05) is 24.3 Å². The van der Waals surface area contributed by atoms with E-state index < -0.39 is 65.2 Å². The van der Waals surface area contributed by atoms with Gasteiger partial charge in [0.25, 0.3) is 0 Å². The predicted octanol–water partition coefficient (Wildman–Crippen LogP) is 2.70. The van der Waals surface area contributed by atoms with Crippen molar-refractivity contribution in [3.63, 3.8) is 0 Å². The Labute approximate surface area is 292 Å². The Morgan fingerprint density at radius 1 is 0.900 bits per heavy atom. The van der Waals surface area contributed by atoms with Gasteiger partial charge in [0.15, 0.2) is 0 Å². The molecule has 1 aromatic carbocycles. The molecule has 276 valence electrons. The maximum Gasteiger partial charge on any atom is 0.414 e. The number of guanidine groups is 1. The molecular formula is C34H50N6O10. The molecule has 0 radical (unpaired) electrons. The quantitative estimate of drug-likeness (QED) is 0.105. The van der Waals surface area contributed by atoms with Gasteiger partial charge in [-0.3, -0.25) is 30.0 Å². The number of rotatable bonds is 7. The van der Waals surface area contributed by atoms with E-state index >= 15 is 0 Å². The number of carboxylic acid groups (broad SMARTS) is 1. The minimum absolute atomic E-state index is 0.0364. The zero-order valence-corrected chi connectivity index (χ0v) is 29.7. The lowest BCUT2D eigenvalue weighted by Crippen LogP contribution is -2.56. The second-order valence-electron chi connectivity index (χ2n) is 13.6. The summed E-state index contributed by atoms with van der Waals surface area (Å²) in [5.74, 6) is -2.75. The van der Waals surface area contributed by atoms with Crippen molar-refractivity contribution in [2.75, 3.05) is 13.2 Å². The van der Waals surface area contributed by atoms with Crippen molar-refractivity contribution >= 4 is 41.8 Å². The highest BCUT2D eigenvalue weighted by Gasteiger charge is 2.29. The molecule has 16 heteroatoms. The van der Waals surface area contributed by atoms with Crippen LogP contribution in [0.3, 0.4) is 0 Å². The van der Waals surface area contributed by atoms with E-state index in [1.807, 2.05) is 0 Å². The number of hydrogen-bond donors (Lipinski definition) is 6. The Balaban J connectivity index is 2.25. The Morgan fingerprint density at radius 2 is 1.50 bits per heavy atom. The number of unbranched alkanes of at least 4 members (excludes halogenated alkanes) is 1. The molecule has 1 aromatic rings. The summed E-state index contributed by atoms with van der Waals surface area (Å²) in [7, 11) is 0. The number of fused-ring (bicyclic) bond motifs is 13. The fraction of sp³-hybridized carbons (Fsp3) is 0.559. The number of carbonyl (C=O) groups excluding carboxylic acids is 5. The summed E-state index contributed by atoms with van der Waals surface area (Å²) in [4.78, 5) is 79.9. The van der Waals surface area contributed by atoms with Crippen molar-refractivity contribution < 1.29 is 48.1 Å². The number of carbonyl (C=O) groups is 6. The van der Waals surface area contributed by atoms with Gasteiger partial charge in [0.05, 0.1) is 0 Å². The molecule has 0 saturated heterocycles. The molecule has 6 N–H and O–H groups in total. The van der Waals surface area contributed by atoms with Crippen LogP contribution in [0.2, 0.25) is 0 Å². The predicted molar refractivity (Wildman–Crippen MR) is 183 cm³/mol. The summed E-state index contributed by atoms with van der Waals surface area (Å²) in [6.45, 7) is 11.6. The van der Waals surface area contributed by atoms with Crippen LogP contribution in [0.4, 0.5) is 9.59 Å². The van der Waals surface area contributed by atoms with Crippen LogP contribution in [0, 0.1) is 0 Å². The van der Waals surface area contributed by atoms with Crippen LogP contribution >= 0.6 is 0 Å². The van der Waals surface area contributed by atoms with E-state index in [2.05, 4.69) is 31.6 Å². The monoisotopic (exact) mass is 702 g/mol. The number of nitrogens with one attached hydrogen (secondary N) is 5. The lowest BCUT2D eigenvalue weighted by Gasteiger charge is -2.24. The Hall–Kier alpha value is -5.15. The molecule has 50 heavy (non-hydrogen) atoms. The summed E-state index contributed by atoms with van der Waals surface area (Å²) in [5, 5.41) is 22.3. The van der Waals surface area contributed by atoms with Crippen LogP contribution in [-0.2, 0) is 35.1 Å². The third-order valence-corrected chi connectivity index (χ3v) is 6.60. The third kappa shape index (κ3) is 16.8. The van der Waals surface area contributed by atoms with E-state index in [1.54, 1.807) is 78.0 Å². The highest BCUT2D eigenvalue weighted by Crippen LogP contribution is 2.15. The molecule has 2 heterocycles. The van der Waals surface area contributed by atoms with Gasteiger partial charge in [0, 0.05) is 19.9 Å². The summed E-state index contributed by atoms with van der Waals surface area (Å²) in [5.41, 5.74) is -0.903. The van der Waals surface area contributed by atoms with Gasteiger partial charge in [0.2, 0.25) is 23.7 Å². The largest absolute Gasteiger partial charge is 0.490 e. The van der Waals surface area contributed by atoms with E-state index in [-0.39, 0.29) is 38.4 Å². The first-order chi connectivity index (χ1) is 23.3. The van der Waals surface area contributed by atoms with Gasteiger partial charge < -0.3 is 35.3 Å². The fourth-order valence-corrected chi connectivity index (χ4v) is 4.45. The number of aliphatic imine (C=N–C) groups is 1. The minimum atomic E-state index is -1.29. The van der Waals surface area contributed by atoms with Crippen molar-refractivity contribution in [3.8, 4) is 5.75 Å². The van der Waals surface area contributed by atoms with Crippen molar-refractivity contribution in [2.45, 2.75) is 110 Å². The van der Waals surface area contributed by atoms with E-state index in [1.165, 1.54) is 6.92 Å². The molecule has 0 saturated carbocycles. The van der Waals surface area contributed by atoms with Crippen molar-refractivity contribution in [1.29, 1.82) is 0 Å². The first-order valence-corrected chi connectivity index (χ1v) is 16.3. The number of alkyl carbamates (subject to hydrolysis) is 2. The highest BCUT2D eigenvalue weighted by atomic mass is 16.6. The number of carboxylic acids is 1. The maximum absolute atomic E-state index is 13.5. The van der Waals surface area contributed by atoms with Gasteiger partial charge in [-0.15, -0.1) is 0 Å². The number of amides is 5. The van der Waals surface area contributed by atoms with Crippen LogP contribution in [0.15, 0.2) is 41.4 Å². The molecule has 0 fully saturated rings. The molecular weight excluding hydrogens is 652 g/mol. The number of hydrogen-bond acceptors (Lipinski definition) is 10. The molecule has 2 aliphatic rings. The van der Waals surface area contributed by atoms with Crippen molar-refractivity contribution in [2.24, 2.45) is 4.99 Å². The average molecular weight is 703 g/mol. The maximum atomic E-state index is 13.5. The second kappa shape index (κ2) is 19.1. The molecule has 0 spiro atoms. The molecule has 3 rings (SSSR count). The third-order valence-electron chi connectivity index (χ3n) is 6.60. The molecule has 3 atom stereocenters. The summed E-state index contributed by atoms with van der Waals surface area (Å²) >= 11 is 0. The topological polar surface area (TPSA) is 223 Å². The number of nitrogens with zero attached hydrogens (tertiary/aromatic N) is 1. The number of ether oxygens (including phenoxy) is 3. The molecule has 0 aromatic heterocycles. The molecule has 16 nitrogen and oxygen atoms in total. The van der Waals surface area contributed by atoms with E-state index in [0.717, 1.165) is 5.56 Å². The Kier molecular flexibility index (Phi) is 15.7. The zero-order chi connectivity index (χ0) is 37.5. The van der Waals surface area contributed by atoms with Crippen LogP contribution in [0.25, 0.3) is 0 Å². The summed E-state index contributed by atoms with van der Waals surface area (Å²) in [6.07, 6.45) is 2.29. The first-order valence-electron chi connectivity index (χ1n) is 16.3. The number of aliphatic carboxylic acids is 1.